The van der Waals surface area contributed by atoms with Crippen molar-refractivity contribution in [3.05, 3.63) is 78.6 Å². The van der Waals surface area contributed by atoms with E-state index in [9.17, 15) is 14.4 Å². The molecular formula is C32H38Br4N8O4. The lowest BCUT2D eigenvalue weighted by molar-refractivity contribution is -0.125. The van der Waals surface area contributed by atoms with Gasteiger partial charge in [-0.3, -0.25) is 19.6 Å². The van der Waals surface area contributed by atoms with E-state index in [1.807, 2.05) is 30.3 Å². The zero-order chi connectivity index (χ0) is 34.5. The number of alkyl carbamates (subject to hydrolysis) is 1. The standard InChI is InChI=1S/C20H22Br2N4O3.C12H16Br2N4O/c21-16-10-23-11-17(22)18(16)26-9-6-15(12-26)19(27)24-7-8-25-20(28)29-13-14-4-2-1-3-5-14;13-9-5-16-6-10(14)11(9)18-4-1-8(7-18)12(19)17-3-2-15/h1-5,10-11,15H,6-9,12-13H2,(H,24,27)(H,25,28);5-6,8H,1-4,7,15H2,(H,17,19). The smallest absolute Gasteiger partial charge is 0.407 e. The Kier molecular flexibility index (Phi) is 15.4. The third kappa shape index (κ3) is 11.1. The summed E-state index contributed by atoms with van der Waals surface area (Å²) in [6, 6.07) is 9.47. The van der Waals surface area contributed by atoms with E-state index in [1.54, 1.807) is 24.8 Å². The lowest BCUT2D eigenvalue weighted by atomic mass is 10.1. The highest BCUT2D eigenvalue weighted by Crippen LogP contribution is 2.37. The molecule has 16 heteroatoms. The quantitative estimate of drug-likeness (QED) is 0.195. The molecule has 3 aromatic rings. The third-order valence-electron chi connectivity index (χ3n) is 7.76. The topological polar surface area (TPSA) is 155 Å². The number of ether oxygens (including phenoxy) is 1. The third-order valence-corrected chi connectivity index (χ3v) is 10.1. The molecule has 48 heavy (non-hydrogen) atoms. The van der Waals surface area contributed by atoms with Gasteiger partial charge in [-0.25, -0.2) is 4.79 Å². The second-order valence-electron chi connectivity index (χ2n) is 11.1. The Morgan fingerprint density at radius 2 is 1.19 bits per heavy atom. The molecular weight excluding hydrogens is 880 g/mol. The first-order valence-electron chi connectivity index (χ1n) is 15.5. The maximum atomic E-state index is 12.4. The predicted molar refractivity (Wildman–Crippen MR) is 200 cm³/mol. The number of carbonyl (C=O) groups is 3. The van der Waals surface area contributed by atoms with E-state index in [-0.39, 0.29) is 30.3 Å². The van der Waals surface area contributed by atoms with E-state index in [1.165, 1.54) is 0 Å². The largest absolute Gasteiger partial charge is 0.445 e. The number of aromatic nitrogens is 2. The number of halogens is 4. The monoisotopic (exact) mass is 914 g/mol. The van der Waals surface area contributed by atoms with Crippen molar-refractivity contribution >= 4 is 93.0 Å². The molecule has 2 saturated heterocycles. The van der Waals surface area contributed by atoms with Crippen LogP contribution < -0.4 is 31.5 Å². The van der Waals surface area contributed by atoms with Crippen LogP contribution >= 0.6 is 63.7 Å². The lowest BCUT2D eigenvalue weighted by Crippen LogP contribution is -2.38. The van der Waals surface area contributed by atoms with Gasteiger partial charge in [0.15, 0.2) is 0 Å². The van der Waals surface area contributed by atoms with Crippen LogP contribution in [0.3, 0.4) is 0 Å². The number of hydrogen-bond donors (Lipinski definition) is 4. The summed E-state index contributed by atoms with van der Waals surface area (Å²) in [7, 11) is 0. The molecule has 0 saturated carbocycles. The number of nitrogens with one attached hydrogen (secondary N) is 3. The Morgan fingerprint density at radius 1 is 0.729 bits per heavy atom. The normalized spacial score (nSPS) is 16.9. The average Bonchev–Trinajstić information content (AvgIpc) is 3.76. The van der Waals surface area contributed by atoms with Gasteiger partial charge < -0.3 is 36.2 Å². The van der Waals surface area contributed by atoms with Crippen molar-refractivity contribution < 1.29 is 19.1 Å². The molecule has 5 rings (SSSR count). The fourth-order valence-electron chi connectivity index (χ4n) is 5.38. The van der Waals surface area contributed by atoms with Crippen molar-refractivity contribution in [3.63, 3.8) is 0 Å². The Hall–Kier alpha value is -2.79. The number of rotatable bonds is 11. The number of pyridine rings is 2. The highest BCUT2D eigenvalue weighted by molar-refractivity contribution is 9.11. The van der Waals surface area contributed by atoms with E-state index in [2.05, 4.69) is 99.4 Å². The number of benzene rings is 1. The minimum atomic E-state index is -0.498. The molecule has 2 atom stereocenters. The summed E-state index contributed by atoms with van der Waals surface area (Å²) in [6.07, 6.45) is 8.16. The SMILES string of the molecule is NCCNC(=O)C1CCN(c2c(Br)cncc2Br)C1.O=C(NCCNC(=O)C1CCN(c2c(Br)cncc2Br)C1)OCc1ccccc1. The molecule has 5 N–H and O–H groups in total. The van der Waals surface area contributed by atoms with Crippen LogP contribution in [0.4, 0.5) is 16.2 Å². The Balaban J connectivity index is 0.000000237. The van der Waals surface area contributed by atoms with Crippen molar-refractivity contribution in [1.82, 2.24) is 25.9 Å². The van der Waals surface area contributed by atoms with Gasteiger partial charge in [0.25, 0.3) is 0 Å². The molecule has 258 valence electrons. The predicted octanol–water partition coefficient (Wildman–Crippen LogP) is 4.98. The molecule has 1 aromatic carbocycles. The summed E-state index contributed by atoms with van der Waals surface area (Å²) in [6.45, 7) is 4.93. The number of nitrogens with zero attached hydrogens (tertiary/aromatic N) is 4. The van der Waals surface area contributed by atoms with Crippen LogP contribution in [-0.4, -0.2) is 80.2 Å². The number of amides is 3. The van der Waals surface area contributed by atoms with Crippen LogP contribution in [0, 0.1) is 11.8 Å². The van der Waals surface area contributed by atoms with E-state index in [0.717, 1.165) is 67.3 Å². The second kappa shape index (κ2) is 19.4. The molecule has 2 aliphatic heterocycles. The van der Waals surface area contributed by atoms with Crippen LogP contribution in [0.15, 0.2) is 73.0 Å². The van der Waals surface area contributed by atoms with Crippen molar-refractivity contribution in [2.24, 2.45) is 17.6 Å². The molecule has 2 unspecified atom stereocenters. The fraction of sp³-hybridized carbons (Fsp3) is 0.406. The van der Waals surface area contributed by atoms with Crippen molar-refractivity contribution in [2.75, 3.05) is 62.2 Å². The summed E-state index contributed by atoms with van der Waals surface area (Å²) in [5.41, 5.74) is 8.39. The summed E-state index contributed by atoms with van der Waals surface area (Å²) in [5, 5.41) is 8.38. The maximum Gasteiger partial charge on any atom is 0.407 e. The van der Waals surface area contributed by atoms with Gasteiger partial charge in [0.1, 0.15) is 6.61 Å². The zero-order valence-electron chi connectivity index (χ0n) is 26.1. The van der Waals surface area contributed by atoms with Crippen LogP contribution in [0.1, 0.15) is 18.4 Å². The van der Waals surface area contributed by atoms with Gasteiger partial charge in [-0.2, -0.15) is 0 Å². The van der Waals surface area contributed by atoms with E-state index in [0.29, 0.717) is 32.7 Å². The molecule has 3 amide bonds. The van der Waals surface area contributed by atoms with Crippen molar-refractivity contribution in [1.29, 1.82) is 0 Å². The first-order chi connectivity index (χ1) is 23.2. The van der Waals surface area contributed by atoms with Gasteiger partial charge >= 0.3 is 6.09 Å². The van der Waals surface area contributed by atoms with Gasteiger partial charge in [0, 0.05) is 77.1 Å². The molecule has 12 nitrogen and oxygen atoms in total. The molecule has 4 heterocycles. The molecule has 2 fully saturated rings. The van der Waals surface area contributed by atoms with Gasteiger partial charge in [0.2, 0.25) is 11.8 Å². The first-order valence-corrected chi connectivity index (χ1v) is 18.6. The molecule has 0 aliphatic carbocycles. The molecule has 2 aromatic heterocycles. The summed E-state index contributed by atoms with van der Waals surface area (Å²) < 4.78 is 8.80. The summed E-state index contributed by atoms with van der Waals surface area (Å²) in [5.74, 6) is 0.0213. The highest BCUT2D eigenvalue weighted by Gasteiger charge is 2.31. The highest BCUT2D eigenvalue weighted by atomic mass is 79.9. The van der Waals surface area contributed by atoms with Crippen molar-refractivity contribution in [2.45, 2.75) is 19.4 Å². The number of nitrogens with two attached hydrogens (primary N) is 1. The molecule has 0 radical (unpaired) electrons. The number of anilines is 2. The molecule has 0 spiro atoms. The zero-order valence-corrected chi connectivity index (χ0v) is 32.5. The van der Waals surface area contributed by atoms with Crippen LogP contribution in [0.25, 0.3) is 0 Å². The van der Waals surface area contributed by atoms with E-state index < -0.39 is 6.09 Å². The minimum absolute atomic E-state index is 0.00625. The number of hydrogen-bond acceptors (Lipinski definition) is 9. The second-order valence-corrected chi connectivity index (χ2v) is 14.5. The van der Waals surface area contributed by atoms with Crippen LogP contribution in [0.2, 0.25) is 0 Å². The van der Waals surface area contributed by atoms with E-state index in [4.69, 9.17) is 10.5 Å². The molecule has 2 aliphatic rings. The van der Waals surface area contributed by atoms with Gasteiger partial charge in [-0.15, -0.1) is 0 Å². The summed E-state index contributed by atoms with van der Waals surface area (Å²) in [4.78, 5) is 48.6. The Labute approximate surface area is 313 Å². The Bertz CT molecular complexity index is 1500. The first kappa shape index (κ1) is 38.0. The van der Waals surface area contributed by atoms with Gasteiger partial charge in [-0.05, 0) is 82.1 Å². The maximum absolute atomic E-state index is 12.4. The van der Waals surface area contributed by atoms with Crippen LogP contribution in [-0.2, 0) is 20.9 Å². The lowest BCUT2D eigenvalue weighted by Gasteiger charge is -2.21. The Morgan fingerprint density at radius 3 is 1.67 bits per heavy atom. The number of carbonyl (C=O) groups excluding carboxylic acids is 3. The van der Waals surface area contributed by atoms with Crippen LogP contribution in [0.5, 0.6) is 0 Å². The molecule has 0 bridgehead atoms. The van der Waals surface area contributed by atoms with Gasteiger partial charge in [-0.1, -0.05) is 30.3 Å². The minimum Gasteiger partial charge on any atom is -0.445 e. The average molecular weight is 918 g/mol. The van der Waals surface area contributed by atoms with Crippen molar-refractivity contribution in [3.8, 4) is 0 Å². The summed E-state index contributed by atoms with van der Waals surface area (Å²) >= 11 is 14.0. The van der Waals surface area contributed by atoms with Gasteiger partial charge in [0.05, 0.1) is 41.1 Å². The fourth-order valence-corrected chi connectivity index (χ4v) is 8.24. The van der Waals surface area contributed by atoms with E-state index >= 15 is 0 Å².